The normalized spacial score (nSPS) is 20.9. The van der Waals surface area contributed by atoms with Crippen molar-refractivity contribution in [2.24, 2.45) is 5.92 Å². The highest BCUT2D eigenvalue weighted by Gasteiger charge is 2.34. The van der Waals surface area contributed by atoms with Crippen LogP contribution in [0.4, 0.5) is 5.69 Å². The summed E-state index contributed by atoms with van der Waals surface area (Å²) in [5, 5.41) is 0. The van der Waals surface area contributed by atoms with Gasteiger partial charge in [-0.05, 0) is 12.1 Å². The lowest BCUT2D eigenvalue weighted by molar-refractivity contribution is -0.149. The highest BCUT2D eigenvalue weighted by Crippen LogP contribution is 2.36. The van der Waals surface area contributed by atoms with Crippen LogP contribution in [0.5, 0.6) is 11.5 Å². The molecule has 1 fully saturated rings. The number of nitrogens with zero attached hydrogens (tertiary/aromatic N) is 1. The zero-order chi connectivity index (χ0) is 14.1. The molecular formula is C14H15NO5. The Hall–Kier alpha value is -2.24. The molecule has 0 saturated carbocycles. The van der Waals surface area contributed by atoms with Gasteiger partial charge < -0.3 is 19.1 Å². The number of ether oxygens (including phenoxy) is 3. The van der Waals surface area contributed by atoms with Gasteiger partial charge in [0.1, 0.15) is 5.92 Å². The molecule has 0 amide bonds. The third-order valence-corrected chi connectivity index (χ3v) is 3.63. The molecule has 20 heavy (non-hydrogen) atoms. The van der Waals surface area contributed by atoms with Crippen LogP contribution in [0.2, 0.25) is 0 Å². The van der Waals surface area contributed by atoms with Crippen molar-refractivity contribution in [3.63, 3.8) is 0 Å². The molecule has 0 N–H and O–H groups in total. The maximum atomic E-state index is 11.8. The number of carbonyl (C=O) groups excluding carboxylic acids is 2. The van der Waals surface area contributed by atoms with Gasteiger partial charge in [0.05, 0.1) is 7.11 Å². The van der Waals surface area contributed by atoms with Gasteiger partial charge in [0.25, 0.3) is 0 Å². The molecule has 6 nitrogen and oxygen atoms in total. The molecule has 2 aliphatic rings. The number of methoxy groups -OCH3 is 1. The van der Waals surface area contributed by atoms with Crippen molar-refractivity contribution in [1.82, 2.24) is 0 Å². The molecule has 2 aliphatic heterocycles. The Balaban J connectivity index is 1.80. The molecule has 1 aromatic rings. The minimum Gasteiger partial charge on any atom is -0.468 e. The second-order valence-corrected chi connectivity index (χ2v) is 4.78. The second kappa shape index (κ2) is 5.03. The Morgan fingerprint density at radius 3 is 2.95 bits per heavy atom. The fraction of sp³-hybridized carbons (Fsp3) is 0.429. The standard InChI is InChI=1S/C14H15NO5/c1-18-14(17)10-7-15(5-4-11(10)16)9-2-3-12-13(6-9)20-8-19-12/h2-3,6,10H,4-5,7-8H2,1H3. The third kappa shape index (κ3) is 2.17. The SMILES string of the molecule is COC(=O)C1CN(c2ccc3c(c2)OCO3)CCC1=O. The summed E-state index contributed by atoms with van der Waals surface area (Å²) in [4.78, 5) is 25.4. The Morgan fingerprint density at radius 1 is 1.35 bits per heavy atom. The first kappa shape index (κ1) is 12.8. The number of esters is 1. The molecule has 2 heterocycles. The smallest absolute Gasteiger partial charge is 0.318 e. The van der Waals surface area contributed by atoms with Crippen LogP contribution >= 0.6 is 0 Å². The van der Waals surface area contributed by atoms with Gasteiger partial charge >= 0.3 is 5.97 Å². The van der Waals surface area contributed by atoms with Crippen molar-refractivity contribution in [2.45, 2.75) is 6.42 Å². The van der Waals surface area contributed by atoms with Crippen molar-refractivity contribution < 1.29 is 23.8 Å². The van der Waals surface area contributed by atoms with Gasteiger partial charge in [0, 0.05) is 31.3 Å². The van der Waals surface area contributed by atoms with E-state index < -0.39 is 11.9 Å². The lowest BCUT2D eigenvalue weighted by Crippen LogP contribution is -2.44. The summed E-state index contributed by atoms with van der Waals surface area (Å²) in [6.45, 7) is 1.15. The maximum absolute atomic E-state index is 11.8. The minimum absolute atomic E-state index is 0.0613. The van der Waals surface area contributed by atoms with E-state index in [1.807, 2.05) is 23.1 Å². The van der Waals surface area contributed by atoms with E-state index in [1.54, 1.807) is 0 Å². The predicted molar refractivity (Wildman–Crippen MR) is 69.9 cm³/mol. The van der Waals surface area contributed by atoms with E-state index in [0.29, 0.717) is 31.0 Å². The number of carbonyl (C=O) groups is 2. The summed E-state index contributed by atoms with van der Waals surface area (Å²) in [7, 11) is 1.30. The Labute approximate surface area is 116 Å². The van der Waals surface area contributed by atoms with Crippen LogP contribution in [0.1, 0.15) is 6.42 Å². The molecule has 1 aromatic carbocycles. The summed E-state index contributed by atoms with van der Waals surface area (Å²) in [5.74, 6) is 0.161. The van der Waals surface area contributed by atoms with Gasteiger partial charge in [0.15, 0.2) is 17.3 Å². The van der Waals surface area contributed by atoms with Crippen LogP contribution < -0.4 is 14.4 Å². The van der Waals surface area contributed by atoms with Gasteiger partial charge in [-0.25, -0.2) is 0 Å². The molecule has 0 radical (unpaired) electrons. The number of ketones is 1. The van der Waals surface area contributed by atoms with Crippen molar-refractivity contribution in [1.29, 1.82) is 0 Å². The minimum atomic E-state index is -0.709. The van der Waals surface area contributed by atoms with E-state index in [-0.39, 0.29) is 12.6 Å². The topological polar surface area (TPSA) is 65.1 Å². The van der Waals surface area contributed by atoms with Crippen molar-refractivity contribution in [2.75, 3.05) is 31.9 Å². The van der Waals surface area contributed by atoms with Gasteiger partial charge in [-0.3, -0.25) is 9.59 Å². The molecule has 0 bridgehead atoms. The predicted octanol–water partition coefficient (Wildman–Crippen LogP) is 0.984. The second-order valence-electron chi connectivity index (χ2n) is 4.78. The van der Waals surface area contributed by atoms with Crippen LogP contribution in [0.3, 0.4) is 0 Å². The van der Waals surface area contributed by atoms with E-state index >= 15 is 0 Å². The summed E-state index contributed by atoms with van der Waals surface area (Å²) in [6, 6.07) is 5.60. The molecule has 1 atom stereocenters. The van der Waals surface area contributed by atoms with Crippen LogP contribution in [0.25, 0.3) is 0 Å². The zero-order valence-electron chi connectivity index (χ0n) is 11.1. The van der Waals surface area contributed by atoms with Gasteiger partial charge in [-0.15, -0.1) is 0 Å². The third-order valence-electron chi connectivity index (χ3n) is 3.63. The Morgan fingerprint density at radius 2 is 2.15 bits per heavy atom. The fourth-order valence-electron chi connectivity index (χ4n) is 2.50. The number of hydrogen-bond donors (Lipinski definition) is 0. The molecule has 0 spiro atoms. The lowest BCUT2D eigenvalue weighted by atomic mass is 9.96. The first-order valence-electron chi connectivity index (χ1n) is 6.44. The lowest BCUT2D eigenvalue weighted by Gasteiger charge is -2.32. The van der Waals surface area contributed by atoms with E-state index in [9.17, 15) is 9.59 Å². The van der Waals surface area contributed by atoms with Gasteiger partial charge in [-0.1, -0.05) is 0 Å². The number of anilines is 1. The fourth-order valence-corrected chi connectivity index (χ4v) is 2.50. The first-order chi connectivity index (χ1) is 9.69. The van der Waals surface area contributed by atoms with Crippen molar-refractivity contribution >= 4 is 17.4 Å². The molecular weight excluding hydrogens is 262 g/mol. The van der Waals surface area contributed by atoms with Crippen molar-refractivity contribution in [3.05, 3.63) is 18.2 Å². The quantitative estimate of drug-likeness (QED) is 0.593. The van der Waals surface area contributed by atoms with Gasteiger partial charge in [-0.2, -0.15) is 0 Å². The summed E-state index contributed by atoms with van der Waals surface area (Å²) in [5.41, 5.74) is 0.913. The highest BCUT2D eigenvalue weighted by atomic mass is 16.7. The number of benzene rings is 1. The molecule has 1 saturated heterocycles. The number of Topliss-reactive ketones (excluding diaryl/α,β-unsaturated/α-hetero) is 1. The summed E-state index contributed by atoms with van der Waals surface area (Å²) in [6.07, 6.45) is 0.341. The zero-order valence-corrected chi connectivity index (χ0v) is 11.1. The average molecular weight is 277 g/mol. The van der Waals surface area contributed by atoms with Crippen molar-refractivity contribution in [3.8, 4) is 11.5 Å². The van der Waals surface area contributed by atoms with Crippen LogP contribution in [-0.2, 0) is 14.3 Å². The van der Waals surface area contributed by atoms with E-state index in [1.165, 1.54) is 7.11 Å². The monoisotopic (exact) mass is 277 g/mol. The number of fused-ring (bicyclic) bond motifs is 1. The molecule has 3 rings (SSSR count). The van der Waals surface area contributed by atoms with E-state index in [0.717, 1.165) is 5.69 Å². The number of hydrogen-bond acceptors (Lipinski definition) is 6. The average Bonchev–Trinajstić information content (AvgIpc) is 2.94. The molecule has 6 heteroatoms. The van der Waals surface area contributed by atoms with Gasteiger partial charge in [0.2, 0.25) is 6.79 Å². The Bertz CT molecular complexity index is 548. The van der Waals surface area contributed by atoms with Crippen LogP contribution in [0, 0.1) is 5.92 Å². The molecule has 106 valence electrons. The maximum Gasteiger partial charge on any atom is 0.318 e. The van der Waals surface area contributed by atoms with E-state index in [4.69, 9.17) is 9.47 Å². The van der Waals surface area contributed by atoms with Crippen LogP contribution in [-0.4, -0.2) is 38.7 Å². The first-order valence-corrected chi connectivity index (χ1v) is 6.44. The molecule has 0 aliphatic carbocycles. The number of piperidine rings is 1. The van der Waals surface area contributed by atoms with Crippen LogP contribution in [0.15, 0.2) is 18.2 Å². The summed E-state index contributed by atoms with van der Waals surface area (Å²) < 4.78 is 15.3. The highest BCUT2D eigenvalue weighted by molar-refractivity contribution is 6.00. The molecule has 1 unspecified atom stereocenters. The Kier molecular flexibility index (Phi) is 3.22. The largest absolute Gasteiger partial charge is 0.468 e. The number of rotatable bonds is 2. The summed E-state index contributed by atoms with van der Waals surface area (Å²) >= 11 is 0. The van der Waals surface area contributed by atoms with E-state index in [2.05, 4.69) is 4.74 Å². The molecule has 0 aromatic heterocycles.